The molecule has 0 bridgehead atoms. The fourth-order valence-electron chi connectivity index (χ4n) is 3.25. The molecule has 0 saturated carbocycles. The van der Waals surface area contributed by atoms with Crippen LogP contribution in [0, 0.1) is 0 Å². The molecule has 3 nitrogen and oxygen atoms in total. The Morgan fingerprint density at radius 1 is 0.656 bits per heavy atom. The number of nitrogens with zero attached hydrogens (tertiary/aromatic N) is 3. The molecule has 0 aliphatic carbocycles. The molecule has 3 rings (SSSR count). The van der Waals surface area contributed by atoms with Gasteiger partial charge in [0.05, 0.1) is 11.4 Å². The maximum atomic E-state index is 4.69. The van der Waals surface area contributed by atoms with E-state index in [1.807, 2.05) is 48.8 Å². The van der Waals surface area contributed by atoms with Gasteiger partial charge in [-0.1, -0.05) is 90.1 Å². The molecule has 0 unspecified atom stereocenters. The first-order chi connectivity index (χ1) is 15.1. The standard InChI is InChI=1S/C26H30N3.2BrH.Fe/c1-25(2,3)21-11-7-9-13-23(21)27-17-19-15-16-20(29-19)18-28-24-14-10-8-12-22(24)26(4,5)6;;;/h7-18H,1-6H3;2*1H;/q-1;;;+3/p-2. The van der Waals surface area contributed by atoms with E-state index in [-0.39, 0.29) is 10.8 Å². The van der Waals surface area contributed by atoms with Crippen molar-refractivity contribution in [2.75, 3.05) is 0 Å². The summed E-state index contributed by atoms with van der Waals surface area (Å²) < 4.78 is 0. The predicted octanol–water partition coefficient (Wildman–Crippen LogP) is 8.43. The molecule has 171 valence electrons. The number of halogens is 2. The fraction of sp³-hybridized carbons (Fsp3) is 0.308. The normalized spacial score (nSPS) is 12.2. The maximum absolute atomic E-state index is 4.69. The molecule has 0 fully saturated rings. The Balaban J connectivity index is 0.00000114. The van der Waals surface area contributed by atoms with Gasteiger partial charge in [-0.3, -0.25) is 9.98 Å². The second-order valence-corrected chi connectivity index (χ2v) is 15.0. The van der Waals surface area contributed by atoms with Crippen LogP contribution in [0.3, 0.4) is 0 Å². The monoisotopic (exact) mass is 598 g/mol. The van der Waals surface area contributed by atoms with Gasteiger partial charge in [0, 0.05) is 12.4 Å². The SMILES string of the molecule is CC(C)(C)c1ccccc1N=Cc1ccc(C=Nc2ccccc2C(C)(C)C)[n-]1.[Br][Fe+][Br]. The third-order valence-corrected chi connectivity index (χ3v) is 4.78. The summed E-state index contributed by atoms with van der Waals surface area (Å²) in [5, 5.41) is 0. The van der Waals surface area contributed by atoms with E-state index in [9.17, 15) is 0 Å². The molecule has 0 aliphatic heterocycles. The number of hydrogen-bond donors (Lipinski definition) is 0. The summed E-state index contributed by atoms with van der Waals surface area (Å²) in [5.74, 6) is 0. The molecular weight excluding hydrogens is 570 g/mol. The topological polar surface area (TPSA) is 38.8 Å². The second-order valence-electron chi connectivity index (χ2n) is 9.40. The first-order valence-electron chi connectivity index (χ1n) is 10.3. The van der Waals surface area contributed by atoms with Crippen molar-refractivity contribution in [1.82, 2.24) is 4.98 Å². The molecule has 0 N–H and O–H groups in total. The quantitative estimate of drug-likeness (QED) is 0.219. The van der Waals surface area contributed by atoms with E-state index in [4.69, 9.17) is 0 Å². The number of para-hydroxylation sites is 2. The second kappa shape index (κ2) is 12.1. The van der Waals surface area contributed by atoms with Crippen molar-refractivity contribution < 1.29 is 11.3 Å². The minimum atomic E-state index is 0.0473. The third kappa shape index (κ3) is 8.15. The molecule has 2 aromatic carbocycles. The average Bonchev–Trinajstić information content (AvgIpc) is 3.18. The Labute approximate surface area is 212 Å². The molecule has 0 saturated heterocycles. The molecule has 1 aromatic heterocycles. The molecule has 0 amide bonds. The van der Waals surface area contributed by atoms with E-state index in [1.165, 1.54) is 11.1 Å². The van der Waals surface area contributed by atoms with Crippen molar-refractivity contribution in [2.24, 2.45) is 9.98 Å². The molecule has 32 heavy (non-hydrogen) atoms. The van der Waals surface area contributed by atoms with Crippen LogP contribution in [0.4, 0.5) is 11.4 Å². The van der Waals surface area contributed by atoms with Crippen molar-refractivity contribution >= 4 is 52.0 Å². The minimum absolute atomic E-state index is 0.0473. The van der Waals surface area contributed by atoms with Crippen LogP contribution in [-0.4, -0.2) is 12.4 Å². The van der Waals surface area contributed by atoms with Crippen LogP contribution in [0.25, 0.3) is 0 Å². The van der Waals surface area contributed by atoms with E-state index in [1.54, 1.807) is 0 Å². The predicted molar refractivity (Wildman–Crippen MR) is 142 cm³/mol. The Bertz CT molecular complexity index is 975. The molecule has 1 heterocycles. The van der Waals surface area contributed by atoms with Crippen molar-refractivity contribution in [3.63, 3.8) is 0 Å². The van der Waals surface area contributed by atoms with Crippen LogP contribution in [-0.2, 0) is 22.2 Å². The van der Waals surface area contributed by atoms with Gasteiger partial charge < -0.3 is 4.98 Å². The summed E-state index contributed by atoms with van der Waals surface area (Å²) in [6.07, 6.45) is 3.65. The van der Waals surface area contributed by atoms with Crippen LogP contribution in [0.15, 0.2) is 70.6 Å². The zero-order valence-corrected chi connectivity index (χ0v) is 23.7. The number of aliphatic imine (C=N–C) groups is 2. The van der Waals surface area contributed by atoms with Crippen LogP contribution in [0.2, 0.25) is 0 Å². The van der Waals surface area contributed by atoms with E-state index in [0.29, 0.717) is 0 Å². The number of hydrogen-bond acceptors (Lipinski definition) is 2. The van der Waals surface area contributed by atoms with Crippen LogP contribution >= 0.6 is 28.2 Å². The molecular formula is C26H30Br2FeN3. The van der Waals surface area contributed by atoms with Crippen LogP contribution in [0.1, 0.15) is 64.1 Å². The average molecular weight is 600 g/mol. The van der Waals surface area contributed by atoms with Crippen LogP contribution < -0.4 is 4.98 Å². The third-order valence-electron chi connectivity index (χ3n) is 4.78. The first-order valence-corrected chi connectivity index (χ1v) is 15.8. The summed E-state index contributed by atoms with van der Waals surface area (Å²) in [6, 6.07) is 20.5. The van der Waals surface area contributed by atoms with E-state index < -0.39 is 0 Å². The number of rotatable bonds is 4. The van der Waals surface area contributed by atoms with Crippen LogP contribution in [0.5, 0.6) is 0 Å². The zero-order chi connectivity index (χ0) is 23.8. The molecule has 0 atom stereocenters. The summed E-state index contributed by atoms with van der Waals surface area (Å²) in [5.41, 5.74) is 6.18. The summed E-state index contributed by atoms with van der Waals surface area (Å²) in [7, 11) is 0. The molecule has 0 aliphatic rings. The van der Waals surface area contributed by atoms with Gasteiger partial charge in [-0.15, -0.1) is 11.4 Å². The van der Waals surface area contributed by atoms with Crippen molar-refractivity contribution in [2.45, 2.75) is 52.4 Å². The molecule has 0 radical (unpaired) electrons. The van der Waals surface area contributed by atoms with Crippen molar-refractivity contribution in [3.05, 3.63) is 83.2 Å². The first kappa shape index (κ1) is 26.8. The van der Waals surface area contributed by atoms with Crippen molar-refractivity contribution in [1.29, 1.82) is 0 Å². The van der Waals surface area contributed by atoms with Gasteiger partial charge in [-0.25, -0.2) is 0 Å². The fourth-order valence-corrected chi connectivity index (χ4v) is 3.25. The van der Waals surface area contributed by atoms with Gasteiger partial charge in [0.25, 0.3) is 0 Å². The molecule has 3 aromatic rings. The summed E-state index contributed by atoms with van der Waals surface area (Å²) in [6.45, 7) is 13.2. The Hall–Kier alpha value is -1.46. The Morgan fingerprint density at radius 3 is 1.34 bits per heavy atom. The zero-order valence-electron chi connectivity index (χ0n) is 19.4. The van der Waals surface area contributed by atoms with Gasteiger partial charge in [-0.2, -0.15) is 0 Å². The van der Waals surface area contributed by atoms with Gasteiger partial charge in [0.2, 0.25) is 0 Å². The van der Waals surface area contributed by atoms with Gasteiger partial charge in [-0.05, 0) is 34.1 Å². The summed E-state index contributed by atoms with van der Waals surface area (Å²) in [4.78, 5) is 14.0. The molecule has 6 heteroatoms. The van der Waals surface area contributed by atoms with Crippen molar-refractivity contribution in [3.8, 4) is 0 Å². The number of benzene rings is 2. The van der Waals surface area contributed by atoms with Gasteiger partial charge in [0.1, 0.15) is 0 Å². The molecule has 0 spiro atoms. The van der Waals surface area contributed by atoms with Gasteiger partial charge >= 0.3 is 39.6 Å². The van der Waals surface area contributed by atoms with E-state index in [0.717, 1.165) is 34.1 Å². The van der Waals surface area contributed by atoms with Gasteiger partial charge in [0.15, 0.2) is 0 Å². The summed E-state index contributed by atoms with van der Waals surface area (Å²) >= 11 is 7.00. The van der Waals surface area contributed by atoms with E-state index >= 15 is 0 Å². The Kier molecular flexibility index (Phi) is 10.2. The number of aromatic nitrogens is 1. The van der Waals surface area contributed by atoms with E-state index in [2.05, 4.69) is 109 Å². The Morgan fingerprint density at radius 2 is 1.00 bits per heavy atom.